The van der Waals surface area contributed by atoms with E-state index in [0.717, 1.165) is 16.8 Å². The number of halogens is 1. The molecular formula is C18H17ClN2O2. The van der Waals surface area contributed by atoms with E-state index in [0.29, 0.717) is 11.6 Å². The lowest BCUT2D eigenvalue weighted by Crippen LogP contribution is -2.34. The number of carbonyl (C=O) groups excluding carboxylic acids is 2. The Morgan fingerprint density at radius 2 is 1.91 bits per heavy atom. The van der Waals surface area contributed by atoms with Gasteiger partial charge >= 0.3 is 0 Å². The van der Waals surface area contributed by atoms with Gasteiger partial charge in [-0.1, -0.05) is 48.0 Å². The Hall–Kier alpha value is -2.33. The molecule has 23 heavy (non-hydrogen) atoms. The molecule has 1 aliphatic heterocycles. The van der Waals surface area contributed by atoms with E-state index in [4.69, 9.17) is 11.6 Å². The summed E-state index contributed by atoms with van der Waals surface area (Å²) in [5.74, 6) is -0.356. The van der Waals surface area contributed by atoms with Gasteiger partial charge in [-0.25, -0.2) is 0 Å². The molecule has 0 bridgehead atoms. The number of anilines is 1. The first-order valence-corrected chi connectivity index (χ1v) is 7.83. The van der Waals surface area contributed by atoms with E-state index in [2.05, 4.69) is 5.32 Å². The molecule has 2 aromatic rings. The van der Waals surface area contributed by atoms with Crippen molar-refractivity contribution in [3.63, 3.8) is 0 Å². The Kier molecular flexibility index (Phi) is 4.35. The summed E-state index contributed by atoms with van der Waals surface area (Å²) in [6.07, 6.45) is 0.164. The molecule has 0 unspecified atom stereocenters. The molecule has 2 amide bonds. The maximum absolute atomic E-state index is 12.5. The zero-order valence-electron chi connectivity index (χ0n) is 12.8. The van der Waals surface area contributed by atoms with Crippen molar-refractivity contribution in [1.82, 2.24) is 4.90 Å². The van der Waals surface area contributed by atoms with E-state index in [-0.39, 0.29) is 18.2 Å². The monoisotopic (exact) mass is 328 g/mol. The molecular weight excluding hydrogens is 312 g/mol. The van der Waals surface area contributed by atoms with E-state index in [9.17, 15) is 9.59 Å². The first kappa shape index (κ1) is 15.6. The fourth-order valence-corrected chi connectivity index (χ4v) is 2.79. The van der Waals surface area contributed by atoms with Gasteiger partial charge in [0.05, 0.1) is 13.0 Å². The molecule has 1 saturated heterocycles. The zero-order valence-corrected chi connectivity index (χ0v) is 13.5. The maximum atomic E-state index is 12.5. The van der Waals surface area contributed by atoms with E-state index < -0.39 is 6.04 Å². The molecule has 0 spiro atoms. The lowest BCUT2D eigenvalue weighted by Gasteiger charge is -2.16. The third kappa shape index (κ3) is 3.37. The van der Waals surface area contributed by atoms with E-state index in [1.807, 2.05) is 49.4 Å². The van der Waals surface area contributed by atoms with Crippen LogP contribution in [-0.4, -0.2) is 22.8 Å². The minimum Gasteiger partial charge on any atom is -0.373 e. The van der Waals surface area contributed by atoms with Crippen molar-refractivity contribution in [3.05, 3.63) is 64.7 Å². The van der Waals surface area contributed by atoms with Gasteiger partial charge < -0.3 is 5.32 Å². The van der Waals surface area contributed by atoms with Crippen LogP contribution in [0.3, 0.4) is 0 Å². The zero-order chi connectivity index (χ0) is 16.4. The van der Waals surface area contributed by atoms with Crippen LogP contribution < -0.4 is 5.32 Å². The SMILES string of the molecule is Cc1ccc(N[C@@H]2CC(=O)N(Cc3ccccc3)C2=O)cc1Cl. The highest BCUT2D eigenvalue weighted by atomic mass is 35.5. The van der Waals surface area contributed by atoms with Gasteiger partial charge in [0, 0.05) is 10.7 Å². The Bertz CT molecular complexity index is 746. The fourth-order valence-electron chi connectivity index (χ4n) is 2.61. The van der Waals surface area contributed by atoms with Crippen LogP contribution in [-0.2, 0) is 16.1 Å². The van der Waals surface area contributed by atoms with Gasteiger partial charge in [-0.2, -0.15) is 0 Å². The number of benzene rings is 2. The second kappa shape index (κ2) is 6.42. The van der Waals surface area contributed by atoms with Crippen molar-refractivity contribution in [1.29, 1.82) is 0 Å². The van der Waals surface area contributed by atoms with Gasteiger partial charge in [-0.3, -0.25) is 14.5 Å². The topological polar surface area (TPSA) is 49.4 Å². The average molecular weight is 329 g/mol. The number of carbonyl (C=O) groups is 2. The summed E-state index contributed by atoms with van der Waals surface area (Å²) in [5.41, 5.74) is 2.65. The predicted molar refractivity (Wildman–Crippen MR) is 90.2 cm³/mol. The molecule has 1 N–H and O–H groups in total. The van der Waals surface area contributed by atoms with Gasteiger partial charge in [0.2, 0.25) is 5.91 Å². The van der Waals surface area contributed by atoms with Crippen molar-refractivity contribution >= 4 is 29.1 Å². The molecule has 1 heterocycles. The highest BCUT2D eigenvalue weighted by Gasteiger charge is 2.38. The Labute approximate surface area is 140 Å². The van der Waals surface area contributed by atoms with Crippen LogP contribution in [0.1, 0.15) is 17.5 Å². The Balaban J connectivity index is 1.72. The molecule has 1 fully saturated rings. The molecule has 1 aliphatic rings. The summed E-state index contributed by atoms with van der Waals surface area (Å²) in [6.45, 7) is 2.23. The van der Waals surface area contributed by atoms with Crippen LogP contribution in [0.5, 0.6) is 0 Å². The average Bonchev–Trinajstić information content (AvgIpc) is 2.80. The van der Waals surface area contributed by atoms with E-state index in [1.165, 1.54) is 4.90 Å². The first-order chi connectivity index (χ1) is 11.0. The third-order valence-corrected chi connectivity index (χ3v) is 4.35. The summed E-state index contributed by atoms with van der Waals surface area (Å²) in [4.78, 5) is 25.9. The summed E-state index contributed by atoms with van der Waals surface area (Å²) < 4.78 is 0. The number of amides is 2. The van der Waals surface area contributed by atoms with Crippen LogP contribution in [0.25, 0.3) is 0 Å². The molecule has 118 valence electrons. The largest absolute Gasteiger partial charge is 0.373 e. The molecule has 4 nitrogen and oxygen atoms in total. The predicted octanol–water partition coefficient (Wildman–Crippen LogP) is 3.39. The number of likely N-dealkylation sites (tertiary alicyclic amines) is 1. The Morgan fingerprint density at radius 3 is 2.61 bits per heavy atom. The standard InChI is InChI=1S/C18H17ClN2O2/c1-12-7-8-14(9-15(12)19)20-16-10-17(22)21(18(16)23)11-13-5-3-2-4-6-13/h2-9,16,20H,10-11H2,1H3/t16-/m1/s1. The normalized spacial score (nSPS) is 17.7. The summed E-state index contributed by atoms with van der Waals surface area (Å²) in [7, 11) is 0. The molecule has 0 aromatic heterocycles. The van der Waals surface area contributed by atoms with Crippen LogP contribution in [0, 0.1) is 6.92 Å². The number of nitrogens with zero attached hydrogens (tertiary/aromatic N) is 1. The number of hydrogen-bond acceptors (Lipinski definition) is 3. The molecule has 2 aromatic carbocycles. The lowest BCUT2D eigenvalue weighted by atomic mass is 10.2. The van der Waals surface area contributed by atoms with Crippen LogP contribution in [0.2, 0.25) is 5.02 Å². The molecule has 5 heteroatoms. The smallest absolute Gasteiger partial charge is 0.252 e. The quantitative estimate of drug-likeness (QED) is 0.875. The number of imide groups is 1. The minimum absolute atomic E-state index is 0.158. The minimum atomic E-state index is -0.537. The van der Waals surface area contributed by atoms with Crippen molar-refractivity contribution in [2.45, 2.75) is 25.9 Å². The van der Waals surface area contributed by atoms with Crippen molar-refractivity contribution in [2.75, 3.05) is 5.32 Å². The van der Waals surface area contributed by atoms with Crippen molar-refractivity contribution in [3.8, 4) is 0 Å². The van der Waals surface area contributed by atoms with E-state index in [1.54, 1.807) is 6.07 Å². The van der Waals surface area contributed by atoms with Crippen molar-refractivity contribution < 1.29 is 9.59 Å². The van der Waals surface area contributed by atoms with E-state index >= 15 is 0 Å². The summed E-state index contributed by atoms with van der Waals surface area (Å²) in [5, 5.41) is 3.74. The molecule has 3 rings (SSSR count). The van der Waals surface area contributed by atoms with Crippen LogP contribution in [0.15, 0.2) is 48.5 Å². The van der Waals surface area contributed by atoms with Gasteiger partial charge in [-0.15, -0.1) is 0 Å². The summed E-state index contributed by atoms with van der Waals surface area (Å²) in [6, 6.07) is 14.5. The highest BCUT2D eigenvalue weighted by molar-refractivity contribution is 6.31. The lowest BCUT2D eigenvalue weighted by molar-refractivity contribution is -0.139. The molecule has 0 saturated carbocycles. The number of nitrogens with one attached hydrogen (secondary N) is 1. The number of hydrogen-bond donors (Lipinski definition) is 1. The van der Waals surface area contributed by atoms with Crippen LogP contribution >= 0.6 is 11.6 Å². The van der Waals surface area contributed by atoms with Gasteiger partial charge in [0.15, 0.2) is 0 Å². The number of aryl methyl sites for hydroxylation is 1. The summed E-state index contributed by atoms with van der Waals surface area (Å²) >= 11 is 6.10. The second-order valence-electron chi connectivity index (χ2n) is 5.67. The molecule has 1 atom stereocenters. The first-order valence-electron chi connectivity index (χ1n) is 7.45. The third-order valence-electron chi connectivity index (χ3n) is 3.94. The van der Waals surface area contributed by atoms with Gasteiger partial charge in [0.25, 0.3) is 5.91 Å². The highest BCUT2D eigenvalue weighted by Crippen LogP contribution is 2.24. The van der Waals surface area contributed by atoms with Gasteiger partial charge in [-0.05, 0) is 30.2 Å². The second-order valence-corrected chi connectivity index (χ2v) is 6.08. The van der Waals surface area contributed by atoms with Crippen LogP contribution in [0.4, 0.5) is 5.69 Å². The number of rotatable bonds is 4. The van der Waals surface area contributed by atoms with Crippen molar-refractivity contribution in [2.24, 2.45) is 0 Å². The fraction of sp³-hybridized carbons (Fsp3) is 0.222. The Morgan fingerprint density at radius 1 is 1.17 bits per heavy atom. The molecule has 0 radical (unpaired) electrons. The maximum Gasteiger partial charge on any atom is 0.252 e. The molecule has 0 aliphatic carbocycles. The van der Waals surface area contributed by atoms with Gasteiger partial charge in [0.1, 0.15) is 6.04 Å².